The van der Waals surface area contributed by atoms with Gasteiger partial charge in [-0.25, -0.2) is 15.0 Å². The van der Waals surface area contributed by atoms with Crippen molar-refractivity contribution in [2.24, 2.45) is 0 Å². The van der Waals surface area contributed by atoms with Crippen LogP contribution >= 0.6 is 0 Å². The summed E-state index contributed by atoms with van der Waals surface area (Å²) in [6, 6.07) is 50.2. The fraction of sp³-hybridized carbons (Fsp3) is 0. The second-order valence-electron chi connectivity index (χ2n) is 12.3. The molecule has 0 N–H and O–H groups in total. The molecule has 10 rings (SSSR count). The Labute approximate surface area is 281 Å². The molecular formula is C44H26N4O. The number of nitrogens with zero attached hydrogens (tertiary/aromatic N) is 4. The molecule has 0 fully saturated rings. The summed E-state index contributed by atoms with van der Waals surface area (Å²) >= 11 is 0. The van der Waals surface area contributed by atoms with Crippen molar-refractivity contribution in [2.45, 2.75) is 0 Å². The number of fused-ring (bicyclic) bond motifs is 7. The Morgan fingerprint density at radius 2 is 0.939 bits per heavy atom. The molecule has 0 saturated carbocycles. The standard InChI is InChI=1S/C44H26N4O/c1-3-9-31-23-33(19-13-27(31)7-1)43-46-42(47-44(48-43)34-20-14-28-8-2-4-10-32(28)24-34)30-17-15-29(16-18-30)37-25-40-41(35-21-22-45-26-38(35)37)36-11-5-6-12-39(36)49-40/h1-26H. The Bertz CT molecular complexity index is 2790. The molecule has 0 aliphatic heterocycles. The molecule has 3 aromatic heterocycles. The molecule has 7 aromatic carbocycles. The van der Waals surface area contributed by atoms with Gasteiger partial charge in [0.1, 0.15) is 11.2 Å². The summed E-state index contributed by atoms with van der Waals surface area (Å²) in [5, 5.41) is 9.05. The van der Waals surface area contributed by atoms with Gasteiger partial charge in [0.2, 0.25) is 0 Å². The molecule has 3 heterocycles. The zero-order valence-corrected chi connectivity index (χ0v) is 26.2. The fourth-order valence-electron chi connectivity index (χ4n) is 6.94. The van der Waals surface area contributed by atoms with Gasteiger partial charge >= 0.3 is 0 Å². The van der Waals surface area contributed by atoms with E-state index in [4.69, 9.17) is 19.4 Å². The fourth-order valence-corrected chi connectivity index (χ4v) is 6.94. The zero-order valence-electron chi connectivity index (χ0n) is 26.2. The lowest BCUT2D eigenvalue weighted by molar-refractivity contribution is 0.669. The Balaban J connectivity index is 1.12. The summed E-state index contributed by atoms with van der Waals surface area (Å²) in [5.41, 5.74) is 6.65. The number of pyridine rings is 1. The molecule has 0 spiro atoms. The number of benzene rings is 7. The molecule has 49 heavy (non-hydrogen) atoms. The van der Waals surface area contributed by atoms with E-state index in [-0.39, 0.29) is 0 Å². The molecule has 0 amide bonds. The molecule has 0 aliphatic rings. The van der Waals surface area contributed by atoms with Crippen LogP contribution < -0.4 is 0 Å². The van der Waals surface area contributed by atoms with Crippen molar-refractivity contribution in [3.05, 3.63) is 158 Å². The predicted octanol–water partition coefficient (Wildman–Crippen LogP) is 11.3. The van der Waals surface area contributed by atoms with Crippen molar-refractivity contribution in [1.29, 1.82) is 0 Å². The predicted molar refractivity (Wildman–Crippen MR) is 199 cm³/mol. The highest BCUT2D eigenvalue weighted by molar-refractivity contribution is 6.21. The maximum absolute atomic E-state index is 6.33. The number of aromatic nitrogens is 4. The van der Waals surface area contributed by atoms with Crippen LogP contribution in [-0.2, 0) is 0 Å². The topological polar surface area (TPSA) is 64.7 Å². The lowest BCUT2D eigenvalue weighted by Gasteiger charge is -2.11. The first kappa shape index (κ1) is 27.4. The van der Waals surface area contributed by atoms with Crippen molar-refractivity contribution in [3.8, 4) is 45.3 Å². The number of furan rings is 1. The average molecular weight is 627 g/mol. The Morgan fingerprint density at radius 1 is 0.388 bits per heavy atom. The lowest BCUT2D eigenvalue weighted by atomic mass is 9.95. The normalized spacial score (nSPS) is 11.7. The van der Waals surface area contributed by atoms with Gasteiger partial charge in [-0.1, -0.05) is 115 Å². The Hall–Kier alpha value is -6.72. The highest BCUT2D eigenvalue weighted by Gasteiger charge is 2.17. The van der Waals surface area contributed by atoms with Crippen LogP contribution in [-0.4, -0.2) is 19.9 Å². The molecular weight excluding hydrogens is 601 g/mol. The first-order valence-corrected chi connectivity index (χ1v) is 16.3. The highest BCUT2D eigenvalue weighted by atomic mass is 16.3. The molecule has 5 nitrogen and oxygen atoms in total. The van der Waals surface area contributed by atoms with Gasteiger partial charge in [0.15, 0.2) is 17.5 Å². The monoisotopic (exact) mass is 626 g/mol. The van der Waals surface area contributed by atoms with Gasteiger partial charge in [0.25, 0.3) is 0 Å². The smallest absolute Gasteiger partial charge is 0.164 e. The van der Waals surface area contributed by atoms with Crippen molar-refractivity contribution in [1.82, 2.24) is 19.9 Å². The summed E-state index contributed by atoms with van der Waals surface area (Å²) in [7, 11) is 0. The second-order valence-corrected chi connectivity index (χ2v) is 12.3. The highest BCUT2D eigenvalue weighted by Crippen LogP contribution is 2.40. The van der Waals surface area contributed by atoms with Gasteiger partial charge in [0, 0.05) is 45.2 Å². The first-order valence-electron chi connectivity index (χ1n) is 16.3. The number of hydrogen-bond acceptors (Lipinski definition) is 5. The van der Waals surface area contributed by atoms with E-state index in [1.54, 1.807) is 0 Å². The zero-order chi connectivity index (χ0) is 32.3. The van der Waals surface area contributed by atoms with Gasteiger partial charge in [-0.2, -0.15) is 0 Å². The van der Waals surface area contributed by atoms with Crippen molar-refractivity contribution >= 4 is 54.3 Å². The van der Waals surface area contributed by atoms with E-state index in [1.807, 2.05) is 24.5 Å². The van der Waals surface area contributed by atoms with Crippen molar-refractivity contribution in [2.75, 3.05) is 0 Å². The molecule has 0 saturated heterocycles. The van der Waals surface area contributed by atoms with Crippen LogP contribution in [0.15, 0.2) is 162 Å². The van der Waals surface area contributed by atoms with Gasteiger partial charge in [-0.15, -0.1) is 0 Å². The molecule has 0 radical (unpaired) electrons. The molecule has 0 unspecified atom stereocenters. The van der Waals surface area contributed by atoms with Gasteiger partial charge in [-0.05, 0) is 68.4 Å². The Kier molecular flexibility index (Phi) is 6.11. The van der Waals surface area contributed by atoms with E-state index in [0.29, 0.717) is 17.5 Å². The summed E-state index contributed by atoms with van der Waals surface area (Å²) in [6.45, 7) is 0. The van der Waals surface area contributed by atoms with E-state index >= 15 is 0 Å². The summed E-state index contributed by atoms with van der Waals surface area (Å²) in [4.78, 5) is 19.6. The lowest BCUT2D eigenvalue weighted by Crippen LogP contribution is -2.00. The molecule has 0 bridgehead atoms. The SMILES string of the molecule is c1ccc2cc(-c3nc(-c4ccc(-c5cc6oc7ccccc7c6c6ccncc56)cc4)nc(-c4ccc5ccccc5c4)n3)ccc2c1. The first-order chi connectivity index (χ1) is 24.2. The average Bonchev–Trinajstić information content (AvgIpc) is 3.56. The van der Waals surface area contributed by atoms with Crippen LogP contribution in [0.1, 0.15) is 0 Å². The van der Waals surface area contributed by atoms with E-state index in [9.17, 15) is 0 Å². The maximum atomic E-state index is 6.33. The van der Waals surface area contributed by atoms with E-state index in [1.165, 1.54) is 10.8 Å². The Morgan fingerprint density at radius 3 is 1.61 bits per heavy atom. The number of para-hydroxylation sites is 1. The summed E-state index contributed by atoms with van der Waals surface area (Å²) < 4.78 is 6.33. The quantitative estimate of drug-likeness (QED) is 0.194. The minimum Gasteiger partial charge on any atom is -0.456 e. The molecule has 0 atom stereocenters. The maximum Gasteiger partial charge on any atom is 0.164 e. The minimum atomic E-state index is 0.618. The van der Waals surface area contributed by atoms with Crippen LogP contribution in [0.25, 0.3) is 99.5 Å². The number of rotatable bonds is 4. The van der Waals surface area contributed by atoms with Crippen molar-refractivity contribution < 1.29 is 4.42 Å². The summed E-state index contributed by atoms with van der Waals surface area (Å²) in [5.74, 6) is 1.89. The van der Waals surface area contributed by atoms with Crippen LogP contribution in [0.3, 0.4) is 0 Å². The molecule has 0 aliphatic carbocycles. The molecule has 10 aromatic rings. The summed E-state index contributed by atoms with van der Waals surface area (Å²) in [6.07, 6.45) is 3.79. The number of hydrogen-bond donors (Lipinski definition) is 0. The third-order valence-electron chi connectivity index (χ3n) is 9.38. The van der Waals surface area contributed by atoms with E-state index in [2.05, 4.69) is 138 Å². The van der Waals surface area contributed by atoms with Gasteiger partial charge in [0.05, 0.1) is 0 Å². The third-order valence-corrected chi connectivity index (χ3v) is 9.38. The largest absolute Gasteiger partial charge is 0.456 e. The van der Waals surface area contributed by atoms with Gasteiger partial charge in [-0.3, -0.25) is 4.98 Å². The van der Waals surface area contributed by atoms with E-state index < -0.39 is 0 Å². The second kappa shape index (κ2) is 10.9. The van der Waals surface area contributed by atoms with Crippen LogP contribution in [0.2, 0.25) is 0 Å². The van der Waals surface area contributed by atoms with E-state index in [0.717, 1.165) is 71.3 Å². The molecule has 5 heteroatoms. The minimum absolute atomic E-state index is 0.618. The van der Waals surface area contributed by atoms with Gasteiger partial charge < -0.3 is 4.42 Å². The third kappa shape index (κ3) is 4.63. The van der Waals surface area contributed by atoms with Crippen LogP contribution in [0, 0.1) is 0 Å². The van der Waals surface area contributed by atoms with Crippen LogP contribution in [0.5, 0.6) is 0 Å². The van der Waals surface area contributed by atoms with Crippen molar-refractivity contribution in [3.63, 3.8) is 0 Å². The molecule has 228 valence electrons. The van der Waals surface area contributed by atoms with Crippen LogP contribution in [0.4, 0.5) is 0 Å².